The fourth-order valence-electron chi connectivity index (χ4n) is 0.407. The van der Waals surface area contributed by atoms with Crippen molar-refractivity contribution in [2.75, 3.05) is 13.2 Å². The van der Waals surface area contributed by atoms with Crippen LogP contribution in [-0.4, -0.2) is 562 Å². The summed E-state index contributed by atoms with van der Waals surface area (Å²) in [5.74, 6) is -0.421. The van der Waals surface area contributed by atoms with Crippen LogP contribution in [-0.2, 0) is 19.1 Å². The molecule has 0 saturated carbocycles. The van der Waals surface area contributed by atoms with Gasteiger partial charge in [-0.2, -0.15) is 0 Å². The second-order valence-corrected chi connectivity index (χ2v) is 1.85. The van der Waals surface area contributed by atoms with E-state index in [9.17, 15) is 9.59 Å². The van der Waals surface area contributed by atoms with Crippen LogP contribution in [0.5, 0.6) is 0 Å². The van der Waals surface area contributed by atoms with Gasteiger partial charge in [-0.1, -0.05) is 0 Å². The van der Waals surface area contributed by atoms with Gasteiger partial charge < -0.3 is 546 Å². The summed E-state index contributed by atoms with van der Waals surface area (Å²) in [6.45, 7) is 7.31. The number of rotatable bonds is 2. The summed E-state index contributed by atoms with van der Waals surface area (Å²) in [6.07, 6.45) is 0. The fourth-order valence-corrected chi connectivity index (χ4v) is 0.407. The van der Waals surface area contributed by atoms with Crippen LogP contribution in [0.25, 0.3) is 0 Å². The Hall–Kier alpha value is -4.98. The highest BCUT2D eigenvalue weighted by Gasteiger charge is 1.82. The number of carbonyl (C=O) groups is 2. The number of carbonyl (C=O) groups excluding carboxylic acids is 2. The number of esters is 2. The molecule has 856 valence electrons. The lowest BCUT2D eigenvalue weighted by molar-refractivity contribution is -0.141. The summed E-state index contributed by atoms with van der Waals surface area (Å²) in [7, 11) is 0. The van der Waals surface area contributed by atoms with E-state index in [0.717, 1.165) is 0 Å². The van der Waals surface area contributed by atoms with Gasteiger partial charge in [0, 0.05) is 13.8 Å². The minimum atomic E-state index is -0.211. The summed E-state index contributed by atoms with van der Waals surface area (Å²) >= 11 is 0. The monoisotopic (exact) mass is 1940 g/mol. The van der Waals surface area contributed by atoms with E-state index >= 15 is 0 Å². The van der Waals surface area contributed by atoms with E-state index in [2.05, 4.69) is 9.47 Å². The maximum atomic E-state index is 9.82. The minimum absolute atomic E-state index is 0. The van der Waals surface area contributed by atoms with Gasteiger partial charge in [0.25, 0.3) is 0 Å². The SMILES string of the molecule is CCOC(C)=O.CCOC(C)=O.O.O.O.O.O.O.O.O.O.O.O.O.O.O.O.O.O.O.O.O.O.O.O.O.O.O.O.O.O.O.O.O.O.O.O.O.O.O.O.O.O.O.O.O.O.O.O.O.O.O.O.O.O.O.O.O.O.O.O.O.O.O.O.O.O.O.O.O.O.O.O.O.O.O.O.O.O.O.O.O.O.O.O.O.O.O.O.O.O.O.O.O.O.O.O.O.O.O. The molecule has 0 amide bonds. The van der Waals surface area contributed by atoms with Gasteiger partial charge in [-0.05, 0) is 13.8 Å². The van der Waals surface area contributed by atoms with Gasteiger partial charge in [0.1, 0.15) is 0 Å². The van der Waals surface area contributed by atoms with E-state index in [-0.39, 0.29) is 549 Å². The molecular formula is C8H212O102. The van der Waals surface area contributed by atoms with E-state index in [0.29, 0.717) is 13.2 Å². The second kappa shape index (κ2) is 43800. The average Bonchev–Trinajstić information content (AvgIpc) is 1.87. The molecule has 0 radical (unpaired) electrons. The van der Waals surface area contributed by atoms with Crippen molar-refractivity contribution < 1.29 is 556 Å². The highest BCUT2D eigenvalue weighted by atomic mass is 16.5. The van der Waals surface area contributed by atoms with Crippen LogP contribution in [0.2, 0.25) is 0 Å². The van der Waals surface area contributed by atoms with Gasteiger partial charge in [0.2, 0.25) is 0 Å². The molecule has 0 fully saturated rings. The van der Waals surface area contributed by atoms with E-state index < -0.39 is 0 Å². The molecule has 0 atom stereocenters. The third-order valence-electron chi connectivity index (χ3n) is 0.695. The van der Waals surface area contributed by atoms with Crippen LogP contribution < -0.4 is 0 Å². The molecule has 0 heterocycles. The van der Waals surface area contributed by atoms with Crippen molar-refractivity contribution in [3.8, 4) is 0 Å². The normalized spacial score (nSPS) is 0.836. The Morgan fingerprint density at radius 3 is 0.136 bits per heavy atom. The second-order valence-electron chi connectivity index (χ2n) is 1.85. The van der Waals surface area contributed by atoms with Crippen LogP contribution in [0.15, 0.2) is 0 Å². The van der Waals surface area contributed by atoms with Crippen molar-refractivity contribution in [3.05, 3.63) is 0 Å². The molecule has 110 heavy (non-hydrogen) atoms. The molecule has 0 rings (SSSR count). The Morgan fingerprint density at radius 1 is 0.109 bits per heavy atom. The molecule has 0 aliphatic heterocycles. The molecule has 102 heteroatoms. The molecule has 0 spiro atoms. The third kappa shape index (κ3) is 1030000. The maximum Gasteiger partial charge on any atom is 0.302 e. The molecule has 102 nitrogen and oxygen atoms in total. The Labute approximate surface area is 610 Å². The average molecular weight is 1940 g/mol. The minimum Gasteiger partial charge on any atom is -0.466 e. The fraction of sp³-hybridized carbons (Fsp3) is 0.750. The lowest BCUT2D eigenvalue weighted by Gasteiger charge is -1.89. The standard InChI is InChI=1S/2C4H8O2.98H2O/c2*1-3-6-4(2)5;;;;;;;;;;;;;;;;;;;;;;;;;;;;;;;;;;;;;;;;;;;;;;;;;;;;;;;;;;;;;;;;;;;;;;;;;;;;;;;;;;;;;;;;;;;;;;;;;;/h2*3H2,1-2H3;98*1H2. The lowest BCUT2D eigenvalue weighted by atomic mass is 10.8. The van der Waals surface area contributed by atoms with E-state index in [1.54, 1.807) is 13.8 Å². The van der Waals surface area contributed by atoms with Gasteiger partial charge in [-0.25, -0.2) is 0 Å². The molecule has 0 saturated heterocycles. The first-order valence-electron chi connectivity index (χ1n) is 3.81. The summed E-state index contributed by atoms with van der Waals surface area (Å²) in [5, 5.41) is 0. The largest absolute Gasteiger partial charge is 0.466 e. The maximum absolute atomic E-state index is 9.82. The molecule has 0 bridgehead atoms. The van der Waals surface area contributed by atoms with Crippen molar-refractivity contribution in [2.45, 2.75) is 27.7 Å². The van der Waals surface area contributed by atoms with E-state index in [1.807, 2.05) is 0 Å². The van der Waals surface area contributed by atoms with Gasteiger partial charge >= 0.3 is 11.9 Å². The van der Waals surface area contributed by atoms with Crippen molar-refractivity contribution in [3.63, 3.8) is 0 Å². The zero-order valence-corrected chi connectivity index (χ0v) is 57.0. The topological polar surface area (TPSA) is 3140 Å². The predicted molar refractivity (Wildman–Crippen MR) is 399 cm³/mol. The Kier molecular flexibility index (Phi) is 18000000. The van der Waals surface area contributed by atoms with Crippen molar-refractivity contribution in [2.24, 2.45) is 0 Å². The molecule has 196 N–H and O–H groups in total. The van der Waals surface area contributed by atoms with Crippen molar-refractivity contribution in [1.82, 2.24) is 0 Å². The molecule has 0 aromatic rings. The Balaban J connectivity index is -0.0000000000981. The van der Waals surface area contributed by atoms with Gasteiger partial charge in [-0.3, -0.25) is 9.59 Å². The van der Waals surface area contributed by atoms with E-state index in [1.165, 1.54) is 13.8 Å². The van der Waals surface area contributed by atoms with Crippen molar-refractivity contribution >= 4 is 11.9 Å². The highest BCUT2D eigenvalue weighted by Crippen LogP contribution is 1.70. The summed E-state index contributed by atoms with van der Waals surface area (Å²) in [6, 6.07) is 0. The van der Waals surface area contributed by atoms with Crippen LogP contribution in [0.1, 0.15) is 27.7 Å². The summed E-state index contributed by atoms with van der Waals surface area (Å²) in [5.41, 5.74) is 0. The molecular weight excluding hydrogens is 1730 g/mol. The number of ether oxygens (including phenoxy) is 2. The quantitative estimate of drug-likeness (QED) is 0.243. The van der Waals surface area contributed by atoms with Gasteiger partial charge in [0.05, 0.1) is 13.2 Å². The van der Waals surface area contributed by atoms with Crippen molar-refractivity contribution in [1.29, 1.82) is 0 Å². The first kappa shape index (κ1) is 45100. The summed E-state index contributed by atoms with van der Waals surface area (Å²) in [4.78, 5) is 19.6. The molecule has 0 unspecified atom stereocenters. The van der Waals surface area contributed by atoms with Gasteiger partial charge in [-0.15, -0.1) is 0 Å². The zero-order valence-electron chi connectivity index (χ0n) is 57.0. The lowest BCUT2D eigenvalue weighted by Crippen LogP contribution is -1.95. The van der Waals surface area contributed by atoms with Crippen LogP contribution in [0.3, 0.4) is 0 Å². The molecule has 0 aliphatic rings. The van der Waals surface area contributed by atoms with Crippen LogP contribution in [0, 0.1) is 0 Å². The number of hydrogen-bond acceptors (Lipinski definition) is 4. The predicted octanol–water partition coefficient (Wildman–Crippen LogP) is -79.7. The molecule has 0 aromatic carbocycles. The third-order valence-corrected chi connectivity index (χ3v) is 0.695. The number of hydrogen-bond donors (Lipinski definition) is 0. The summed E-state index contributed by atoms with van der Waals surface area (Å²) < 4.78 is 8.81. The van der Waals surface area contributed by atoms with Crippen LogP contribution >= 0.6 is 0 Å². The first-order chi connectivity index (χ1) is 5.54. The highest BCUT2D eigenvalue weighted by molar-refractivity contribution is 5.66. The molecule has 0 aromatic heterocycles. The van der Waals surface area contributed by atoms with Crippen LogP contribution in [0.4, 0.5) is 0 Å². The Bertz CT molecular complexity index is 145. The molecule has 0 aliphatic carbocycles. The van der Waals surface area contributed by atoms with Gasteiger partial charge in [0.15, 0.2) is 0 Å². The first-order valence-corrected chi connectivity index (χ1v) is 3.81. The Morgan fingerprint density at radius 2 is 0.136 bits per heavy atom. The smallest absolute Gasteiger partial charge is 0.302 e. The zero-order chi connectivity index (χ0) is 9.98. The van der Waals surface area contributed by atoms with E-state index in [4.69, 9.17) is 0 Å².